The standard InChI is InChI=1S/CH2O3.Ca.FH2O3P.2H/c2-1(3)4;;1-5(2,3)4;;/h(H2,2,3,4);;(H2,2,3,4);;. The molecule has 0 aromatic rings. The molecule has 0 fully saturated rings. The van der Waals surface area contributed by atoms with Crippen LogP contribution in [0.25, 0.3) is 0 Å². The van der Waals surface area contributed by atoms with E-state index in [1.54, 1.807) is 0 Å². The molecule has 60 valence electrons. The van der Waals surface area contributed by atoms with E-state index in [0.717, 1.165) is 0 Å². The molecule has 0 spiro atoms. The van der Waals surface area contributed by atoms with Crippen molar-refractivity contribution in [2.24, 2.45) is 0 Å². The molecule has 0 rings (SSSR count). The first kappa shape index (κ1) is 16.9. The molecule has 0 heterocycles. The van der Waals surface area contributed by atoms with Gasteiger partial charge in [-0.15, -0.1) is 4.20 Å². The Morgan fingerprint density at radius 3 is 1.30 bits per heavy atom. The number of carbonyl (C=O) groups is 1. The third-order valence-corrected chi connectivity index (χ3v) is 0. The second kappa shape index (κ2) is 7.71. The van der Waals surface area contributed by atoms with Crippen LogP contribution in [0.3, 0.4) is 0 Å². The van der Waals surface area contributed by atoms with Crippen molar-refractivity contribution in [1.29, 1.82) is 0 Å². The molecule has 0 aliphatic carbocycles. The number of hydrogen-bond donors (Lipinski definition) is 4. The summed E-state index contributed by atoms with van der Waals surface area (Å²) in [6.45, 7) is 0. The first-order valence-corrected chi connectivity index (χ1v) is 2.91. The summed E-state index contributed by atoms with van der Waals surface area (Å²) >= 11 is 0. The molecule has 9 heteroatoms. The quantitative estimate of drug-likeness (QED) is 0.308. The Kier molecular flexibility index (Phi) is 13.1. The maximum absolute atomic E-state index is 10.4. The van der Waals surface area contributed by atoms with Crippen LogP contribution in [0, 0.1) is 0 Å². The van der Waals surface area contributed by atoms with Gasteiger partial charge >= 0.3 is 51.8 Å². The van der Waals surface area contributed by atoms with Gasteiger partial charge in [-0.2, -0.15) is 0 Å². The van der Waals surface area contributed by atoms with Gasteiger partial charge in [0, 0.05) is 0 Å². The van der Waals surface area contributed by atoms with E-state index in [1.807, 2.05) is 0 Å². The van der Waals surface area contributed by atoms with Crippen LogP contribution in [0.2, 0.25) is 0 Å². The van der Waals surface area contributed by atoms with Crippen LogP contribution in [0.5, 0.6) is 0 Å². The summed E-state index contributed by atoms with van der Waals surface area (Å²) in [5, 5.41) is 13.9. The van der Waals surface area contributed by atoms with Gasteiger partial charge in [0.1, 0.15) is 0 Å². The summed E-state index contributed by atoms with van der Waals surface area (Å²) < 4.78 is 19.0. The third-order valence-electron chi connectivity index (χ3n) is 0. The molecule has 0 aromatic carbocycles. The van der Waals surface area contributed by atoms with Gasteiger partial charge in [-0.3, -0.25) is 9.79 Å². The van der Waals surface area contributed by atoms with Gasteiger partial charge in [0.05, 0.1) is 0 Å². The SMILES string of the molecule is O=C(O)O.O=P(O)(O)F.[CaH2]. The van der Waals surface area contributed by atoms with E-state index in [0.29, 0.717) is 0 Å². The number of carboxylic acid groups (broad SMARTS) is 2. The van der Waals surface area contributed by atoms with Crippen molar-refractivity contribution in [2.45, 2.75) is 0 Å². The first-order valence-electron chi connectivity index (χ1n) is 1.40. The Bertz CT molecular complexity index is 117. The van der Waals surface area contributed by atoms with Crippen LogP contribution >= 0.6 is 7.91 Å². The van der Waals surface area contributed by atoms with Crippen LogP contribution in [-0.4, -0.2) is 63.9 Å². The zero-order valence-electron chi connectivity index (χ0n) is 3.93. The van der Waals surface area contributed by atoms with Crippen LogP contribution in [0.1, 0.15) is 0 Å². The Balaban J connectivity index is -0.0000000910. The Hall–Kier alpha value is 0.610. The minimum absolute atomic E-state index is 0. The molecule has 0 saturated heterocycles. The zero-order chi connectivity index (χ0) is 8.08. The average molecular weight is 204 g/mol. The number of hydrogen-bond acceptors (Lipinski definition) is 2. The topological polar surface area (TPSA) is 115 Å². The molecule has 4 N–H and O–H groups in total. The summed E-state index contributed by atoms with van der Waals surface area (Å²) in [6.07, 6.45) is -1.83. The molecule has 0 bridgehead atoms. The summed E-state index contributed by atoms with van der Waals surface area (Å²) in [6, 6.07) is 0. The minimum atomic E-state index is -5.14. The molecule has 0 aliphatic heterocycles. The fourth-order valence-electron chi connectivity index (χ4n) is 0. The second-order valence-electron chi connectivity index (χ2n) is 0.756. The van der Waals surface area contributed by atoms with Crippen molar-refractivity contribution in [3.05, 3.63) is 0 Å². The van der Waals surface area contributed by atoms with Gasteiger partial charge in [0.15, 0.2) is 0 Å². The fraction of sp³-hybridized carbons (Fsp3) is 0. The van der Waals surface area contributed by atoms with Gasteiger partial charge in [-0.05, 0) is 0 Å². The monoisotopic (exact) mass is 204 g/mol. The van der Waals surface area contributed by atoms with Crippen molar-refractivity contribution in [3.8, 4) is 0 Å². The van der Waals surface area contributed by atoms with Crippen molar-refractivity contribution in [3.63, 3.8) is 0 Å². The van der Waals surface area contributed by atoms with Crippen molar-refractivity contribution in [2.75, 3.05) is 0 Å². The van der Waals surface area contributed by atoms with Crippen molar-refractivity contribution < 1.29 is 33.6 Å². The summed E-state index contributed by atoms with van der Waals surface area (Å²) in [5.74, 6) is 0. The molecule has 0 atom stereocenters. The van der Waals surface area contributed by atoms with Crippen LogP contribution in [-0.2, 0) is 4.57 Å². The predicted molar refractivity (Wildman–Crippen MR) is 32.3 cm³/mol. The van der Waals surface area contributed by atoms with Crippen LogP contribution < -0.4 is 0 Å². The molecule has 0 aliphatic rings. The van der Waals surface area contributed by atoms with Crippen LogP contribution in [0.15, 0.2) is 0 Å². The van der Waals surface area contributed by atoms with Crippen LogP contribution in [0.4, 0.5) is 8.99 Å². The fourth-order valence-corrected chi connectivity index (χ4v) is 0. The molecule has 0 radical (unpaired) electrons. The number of rotatable bonds is 0. The summed E-state index contributed by atoms with van der Waals surface area (Å²) in [5.41, 5.74) is 0. The van der Waals surface area contributed by atoms with Gasteiger partial charge in [-0.1, -0.05) is 0 Å². The molecule has 0 aromatic heterocycles. The molecule has 0 unspecified atom stereocenters. The molecular formula is CH6CaFO6P. The Labute approximate surface area is 85.0 Å². The summed E-state index contributed by atoms with van der Waals surface area (Å²) in [4.78, 5) is 22.5. The van der Waals surface area contributed by atoms with E-state index in [9.17, 15) is 4.20 Å². The molecule has 10 heavy (non-hydrogen) atoms. The third kappa shape index (κ3) is 1340. The molecule has 0 saturated carbocycles. The van der Waals surface area contributed by atoms with E-state index in [1.165, 1.54) is 0 Å². The van der Waals surface area contributed by atoms with Gasteiger partial charge in [0.2, 0.25) is 0 Å². The van der Waals surface area contributed by atoms with E-state index >= 15 is 0 Å². The van der Waals surface area contributed by atoms with E-state index in [2.05, 4.69) is 0 Å². The number of halogens is 1. The van der Waals surface area contributed by atoms with E-state index in [-0.39, 0.29) is 37.7 Å². The van der Waals surface area contributed by atoms with Gasteiger partial charge in [-0.25, -0.2) is 9.36 Å². The van der Waals surface area contributed by atoms with Crippen molar-refractivity contribution >= 4 is 51.8 Å². The molecule has 0 amide bonds. The van der Waals surface area contributed by atoms with E-state index < -0.39 is 14.1 Å². The maximum atomic E-state index is 10.4. The predicted octanol–water partition coefficient (Wildman–Crippen LogP) is -0.645. The Morgan fingerprint density at radius 1 is 1.30 bits per heavy atom. The Morgan fingerprint density at radius 2 is 1.30 bits per heavy atom. The zero-order valence-corrected chi connectivity index (χ0v) is 4.82. The molecular weight excluding hydrogens is 198 g/mol. The van der Waals surface area contributed by atoms with Crippen molar-refractivity contribution in [1.82, 2.24) is 0 Å². The first-order chi connectivity index (χ1) is 3.73. The normalized spacial score (nSPS) is 8.30. The molecule has 6 nitrogen and oxygen atoms in total. The van der Waals surface area contributed by atoms with E-state index in [4.69, 9.17) is 29.4 Å². The van der Waals surface area contributed by atoms with Gasteiger partial charge < -0.3 is 10.2 Å². The average Bonchev–Trinajstić information content (AvgIpc) is 1.19. The summed E-state index contributed by atoms with van der Waals surface area (Å²) in [7, 11) is -5.14. The second-order valence-corrected chi connectivity index (χ2v) is 1.70. The van der Waals surface area contributed by atoms with Gasteiger partial charge in [0.25, 0.3) is 0 Å².